The highest BCUT2D eigenvalue weighted by Gasteiger charge is 2.40. The van der Waals surface area contributed by atoms with Gasteiger partial charge in [0, 0.05) is 6.54 Å². The van der Waals surface area contributed by atoms with E-state index in [9.17, 15) is 13.5 Å². The maximum Gasteiger partial charge on any atom is 0.240 e. The SMILES string of the molecule is COc1ccc(S(=O)(=O)NC[C@](C)(O)C2CC2)cc1Cl. The quantitative estimate of drug-likeness (QED) is 0.838. The Morgan fingerprint density at radius 1 is 1.50 bits per heavy atom. The number of benzene rings is 1. The van der Waals surface area contributed by atoms with Crippen LogP contribution in [0.3, 0.4) is 0 Å². The topological polar surface area (TPSA) is 75.6 Å². The molecule has 1 aliphatic carbocycles. The molecule has 1 aliphatic rings. The Kier molecular flexibility index (Phi) is 4.30. The van der Waals surface area contributed by atoms with Gasteiger partial charge >= 0.3 is 0 Å². The smallest absolute Gasteiger partial charge is 0.240 e. The molecule has 1 fully saturated rings. The van der Waals surface area contributed by atoms with Gasteiger partial charge in [0.2, 0.25) is 10.0 Å². The maximum absolute atomic E-state index is 12.2. The molecule has 0 amide bonds. The summed E-state index contributed by atoms with van der Waals surface area (Å²) in [7, 11) is -2.24. The molecule has 0 unspecified atom stereocenters. The number of rotatable bonds is 6. The zero-order valence-corrected chi connectivity index (χ0v) is 13.0. The molecule has 0 aromatic heterocycles. The second kappa shape index (κ2) is 5.52. The number of nitrogens with one attached hydrogen (secondary N) is 1. The van der Waals surface area contributed by atoms with Crippen molar-refractivity contribution in [3.8, 4) is 5.75 Å². The molecule has 1 atom stereocenters. The van der Waals surface area contributed by atoms with Crippen LogP contribution in [0.2, 0.25) is 5.02 Å². The number of aliphatic hydroxyl groups is 1. The van der Waals surface area contributed by atoms with E-state index in [1.54, 1.807) is 6.92 Å². The van der Waals surface area contributed by atoms with Gasteiger partial charge in [0.15, 0.2) is 0 Å². The van der Waals surface area contributed by atoms with Gasteiger partial charge in [0.05, 0.1) is 22.6 Å². The Morgan fingerprint density at radius 3 is 2.65 bits per heavy atom. The largest absolute Gasteiger partial charge is 0.495 e. The van der Waals surface area contributed by atoms with Gasteiger partial charge in [-0.25, -0.2) is 13.1 Å². The average molecular weight is 320 g/mol. The predicted octanol–water partition coefficient (Wildman–Crippen LogP) is 1.79. The first-order valence-electron chi connectivity index (χ1n) is 6.32. The summed E-state index contributed by atoms with van der Waals surface area (Å²) in [4.78, 5) is 0.0508. The van der Waals surface area contributed by atoms with E-state index in [0.29, 0.717) is 5.75 Å². The maximum atomic E-state index is 12.2. The van der Waals surface area contributed by atoms with E-state index in [0.717, 1.165) is 12.8 Å². The molecule has 2 N–H and O–H groups in total. The van der Waals surface area contributed by atoms with E-state index in [1.807, 2.05) is 0 Å². The average Bonchev–Trinajstić information content (AvgIpc) is 3.21. The van der Waals surface area contributed by atoms with Crippen LogP contribution in [-0.4, -0.2) is 32.8 Å². The predicted molar refractivity (Wildman–Crippen MR) is 76.5 cm³/mol. The van der Waals surface area contributed by atoms with E-state index < -0.39 is 15.6 Å². The molecule has 5 nitrogen and oxygen atoms in total. The summed E-state index contributed by atoms with van der Waals surface area (Å²) in [6.45, 7) is 1.64. The highest BCUT2D eigenvalue weighted by atomic mass is 35.5. The highest BCUT2D eigenvalue weighted by Crippen LogP contribution is 2.39. The van der Waals surface area contributed by atoms with Gasteiger partial charge in [-0.2, -0.15) is 0 Å². The molecule has 0 aliphatic heterocycles. The zero-order chi connectivity index (χ0) is 15.0. The Morgan fingerprint density at radius 2 is 2.15 bits per heavy atom. The fourth-order valence-corrected chi connectivity index (χ4v) is 3.48. The monoisotopic (exact) mass is 319 g/mol. The molecular weight excluding hydrogens is 302 g/mol. The van der Waals surface area contributed by atoms with Crippen molar-refractivity contribution >= 4 is 21.6 Å². The van der Waals surface area contributed by atoms with Gasteiger partial charge < -0.3 is 9.84 Å². The molecule has 2 rings (SSSR count). The molecule has 20 heavy (non-hydrogen) atoms. The van der Waals surface area contributed by atoms with Crippen molar-refractivity contribution in [2.75, 3.05) is 13.7 Å². The van der Waals surface area contributed by atoms with Crippen molar-refractivity contribution in [1.29, 1.82) is 0 Å². The molecule has 0 radical (unpaired) electrons. The number of ether oxygens (including phenoxy) is 1. The number of hydrogen-bond acceptors (Lipinski definition) is 4. The number of sulfonamides is 1. The Labute approximate surface area is 124 Å². The molecule has 1 aromatic carbocycles. The second-order valence-electron chi connectivity index (χ2n) is 5.25. The normalized spacial score (nSPS) is 18.6. The van der Waals surface area contributed by atoms with E-state index >= 15 is 0 Å². The first kappa shape index (κ1) is 15.6. The van der Waals surface area contributed by atoms with Crippen LogP contribution in [0.4, 0.5) is 0 Å². The summed E-state index contributed by atoms with van der Waals surface area (Å²) in [5.41, 5.74) is -1.01. The summed E-state index contributed by atoms with van der Waals surface area (Å²) in [5, 5.41) is 10.4. The van der Waals surface area contributed by atoms with Gasteiger partial charge in [-0.3, -0.25) is 0 Å². The standard InChI is InChI=1S/C13H18ClNO4S/c1-13(16,9-3-4-9)8-15-20(17,18)10-5-6-12(19-2)11(14)7-10/h5-7,9,15-16H,3-4,8H2,1-2H3/t13-/m0/s1. The van der Waals surface area contributed by atoms with Gasteiger partial charge in [-0.05, 0) is 43.9 Å². The van der Waals surface area contributed by atoms with Crippen LogP contribution in [0.5, 0.6) is 5.75 Å². The fraction of sp³-hybridized carbons (Fsp3) is 0.538. The zero-order valence-electron chi connectivity index (χ0n) is 11.4. The number of hydrogen-bond donors (Lipinski definition) is 2. The first-order valence-corrected chi connectivity index (χ1v) is 8.18. The van der Waals surface area contributed by atoms with Crippen LogP contribution in [0, 0.1) is 5.92 Å². The lowest BCUT2D eigenvalue weighted by Gasteiger charge is -2.23. The van der Waals surface area contributed by atoms with Crippen LogP contribution in [-0.2, 0) is 10.0 Å². The van der Waals surface area contributed by atoms with Crippen molar-refractivity contribution in [3.05, 3.63) is 23.2 Å². The van der Waals surface area contributed by atoms with E-state index in [-0.39, 0.29) is 22.4 Å². The van der Waals surface area contributed by atoms with E-state index in [4.69, 9.17) is 16.3 Å². The van der Waals surface area contributed by atoms with E-state index in [1.165, 1.54) is 25.3 Å². The third-order valence-corrected chi connectivity index (χ3v) is 5.20. The lowest BCUT2D eigenvalue weighted by Crippen LogP contribution is -2.42. The van der Waals surface area contributed by atoms with Crippen LogP contribution in [0.1, 0.15) is 19.8 Å². The minimum absolute atomic E-state index is 0.0103. The van der Waals surface area contributed by atoms with Crippen molar-refractivity contribution < 1.29 is 18.3 Å². The summed E-state index contributed by atoms with van der Waals surface area (Å²) in [6.07, 6.45) is 1.87. The van der Waals surface area contributed by atoms with Gasteiger partial charge in [-0.15, -0.1) is 0 Å². The molecule has 0 spiro atoms. The number of methoxy groups -OCH3 is 1. The van der Waals surface area contributed by atoms with Gasteiger partial charge in [0.25, 0.3) is 0 Å². The summed E-state index contributed by atoms with van der Waals surface area (Å²) in [6, 6.07) is 4.24. The van der Waals surface area contributed by atoms with Gasteiger partial charge in [0.1, 0.15) is 5.75 Å². The summed E-state index contributed by atoms with van der Waals surface area (Å²) >= 11 is 5.92. The Balaban J connectivity index is 2.12. The minimum Gasteiger partial charge on any atom is -0.495 e. The Bertz CT molecular complexity index is 596. The van der Waals surface area contributed by atoms with E-state index in [2.05, 4.69) is 4.72 Å². The molecule has 1 aromatic rings. The van der Waals surface area contributed by atoms with Crippen molar-refractivity contribution in [2.45, 2.75) is 30.3 Å². The van der Waals surface area contributed by atoms with Crippen LogP contribution >= 0.6 is 11.6 Å². The van der Waals surface area contributed by atoms with Crippen LogP contribution in [0.15, 0.2) is 23.1 Å². The van der Waals surface area contributed by atoms with Crippen molar-refractivity contribution in [2.24, 2.45) is 5.92 Å². The lowest BCUT2D eigenvalue weighted by molar-refractivity contribution is 0.0422. The first-order chi connectivity index (χ1) is 9.26. The van der Waals surface area contributed by atoms with Crippen LogP contribution < -0.4 is 9.46 Å². The third kappa shape index (κ3) is 3.44. The molecule has 0 saturated heterocycles. The van der Waals surface area contributed by atoms with Crippen LogP contribution in [0.25, 0.3) is 0 Å². The fourth-order valence-electron chi connectivity index (χ4n) is 1.99. The Hall–Kier alpha value is -0.820. The lowest BCUT2D eigenvalue weighted by atomic mass is 10.0. The highest BCUT2D eigenvalue weighted by molar-refractivity contribution is 7.89. The molecule has 0 bridgehead atoms. The van der Waals surface area contributed by atoms with Gasteiger partial charge in [-0.1, -0.05) is 11.6 Å². The molecule has 7 heteroatoms. The molecule has 0 heterocycles. The minimum atomic E-state index is -3.70. The second-order valence-corrected chi connectivity index (χ2v) is 7.43. The van der Waals surface area contributed by atoms with Crippen molar-refractivity contribution in [3.63, 3.8) is 0 Å². The molecular formula is C13H18ClNO4S. The molecule has 1 saturated carbocycles. The van der Waals surface area contributed by atoms with Crippen molar-refractivity contribution in [1.82, 2.24) is 4.72 Å². The summed E-state index contributed by atoms with van der Waals surface area (Å²) < 4.78 is 31.7. The molecule has 112 valence electrons. The third-order valence-electron chi connectivity index (χ3n) is 3.51. The summed E-state index contributed by atoms with van der Waals surface area (Å²) in [5.74, 6) is 0.584. The number of halogens is 1.